The molecule has 1 atom stereocenters. The highest BCUT2D eigenvalue weighted by Crippen LogP contribution is 2.13. The molecule has 0 bridgehead atoms. The van der Waals surface area contributed by atoms with Crippen LogP contribution >= 0.6 is 7.65 Å². The number of hydrogen-bond donors (Lipinski definition) is 0. The second-order valence-corrected chi connectivity index (χ2v) is 2.62. The molecule has 0 spiro atoms. The van der Waals surface area contributed by atoms with Gasteiger partial charge in [-0.15, -0.1) is 0 Å². The van der Waals surface area contributed by atoms with Crippen molar-refractivity contribution in [3.63, 3.8) is 0 Å². The van der Waals surface area contributed by atoms with E-state index in [9.17, 15) is 4.57 Å². The predicted octanol–water partition coefficient (Wildman–Crippen LogP) is 2.17. The summed E-state index contributed by atoms with van der Waals surface area (Å²) in [5.41, 5.74) is 0. The fraction of sp³-hybridized carbons (Fsp3) is 0. The summed E-state index contributed by atoms with van der Waals surface area (Å²) < 4.78 is 14.6. The Morgan fingerprint density at radius 1 is 1.27 bits per heavy atom. The van der Waals surface area contributed by atoms with Crippen molar-refractivity contribution >= 4 is 14.0 Å². The summed E-state index contributed by atoms with van der Waals surface area (Å²) in [5, 5.41) is 0. The highest BCUT2D eigenvalue weighted by Gasteiger charge is 1.90. The topological polar surface area (TPSA) is 35.5 Å². The third-order valence-corrected chi connectivity index (χ3v) is 1.20. The summed E-state index contributed by atoms with van der Waals surface area (Å²) in [4.78, 5) is 4.62. The fourth-order valence-electron chi connectivity index (χ4n) is 0.561. The Balaban J connectivity index is 2.52. The minimum Gasteiger partial charge on any atom is -0.326 e. The van der Waals surface area contributed by atoms with Gasteiger partial charge in [0.25, 0.3) is 7.65 Å². The van der Waals surface area contributed by atoms with E-state index in [0.29, 0.717) is 5.75 Å². The molecule has 0 amide bonds. The minimum atomic E-state index is -1.95. The summed E-state index contributed by atoms with van der Waals surface area (Å²) in [6, 6.07) is 8.80. The molecule has 0 aliphatic heterocycles. The van der Waals surface area contributed by atoms with Gasteiger partial charge < -0.3 is 4.89 Å². The van der Waals surface area contributed by atoms with Crippen molar-refractivity contribution in [3.8, 4) is 5.75 Å². The Kier molecular flexibility index (Phi) is 2.90. The van der Waals surface area contributed by atoms with Crippen LogP contribution in [0.15, 0.2) is 30.3 Å². The number of rotatable bonds is 3. The van der Waals surface area contributed by atoms with Crippen LogP contribution in [0.25, 0.3) is 0 Å². The van der Waals surface area contributed by atoms with Crippen molar-refractivity contribution in [2.45, 2.75) is 0 Å². The normalized spacial score (nSPS) is 10.7. The van der Waals surface area contributed by atoms with Crippen LogP contribution in [0.1, 0.15) is 0 Å². The highest BCUT2D eigenvalue weighted by molar-refractivity contribution is 7.37. The summed E-state index contributed by atoms with van der Waals surface area (Å²) in [7, 11) is -1.95. The maximum Gasteiger partial charge on any atom is 0.276 e. The van der Waals surface area contributed by atoms with E-state index in [2.05, 4.69) is 15.9 Å². The third kappa shape index (κ3) is 3.03. The molecule has 1 aromatic carbocycles. The molecule has 0 radical (unpaired) electrons. The van der Waals surface area contributed by atoms with Gasteiger partial charge in [0.2, 0.25) is 0 Å². The molecule has 1 rings (SSSR count). The van der Waals surface area contributed by atoms with Gasteiger partial charge >= 0.3 is 0 Å². The van der Waals surface area contributed by atoms with E-state index in [1.54, 1.807) is 24.3 Å². The standard InChI is InChI=1S/C7H7O3P/c1-11(8)10-9-7-5-3-2-4-6-7/h2-6H,1H2. The molecule has 58 valence electrons. The zero-order valence-electron chi connectivity index (χ0n) is 5.77. The van der Waals surface area contributed by atoms with Gasteiger partial charge in [-0.2, -0.15) is 0 Å². The average Bonchev–Trinajstić information content (AvgIpc) is 2.03. The summed E-state index contributed by atoms with van der Waals surface area (Å²) in [5.74, 6) is 0.513. The zero-order valence-corrected chi connectivity index (χ0v) is 6.66. The van der Waals surface area contributed by atoms with Gasteiger partial charge in [0.05, 0.1) is 0 Å². The van der Waals surface area contributed by atoms with Crippen LogP contribution in [0.2, 0.25) is 0 Å². The van der Waals surface area contributed by atoms with E-state index in [1.165, 1.54) is 0 Å². The first-order chi connectivity index (χ1) is 5.29. The molecule has 0 aliphatic carbocycles. The Bertz CT molecular complexity index is 271. The van der Waals surface area contributed by atoms with Crippen molar-refractivity contribution in [2.24, 2.45) is 0 Å². The second kappa shape index (κ2) is 3.96. The van der Waals surface area contributed by atoms with Crippen molar-refractivity contribution in [2.75, 3.05) is 0 Å². The van der Waals surface area contributed by atoms with Crippen molar-refractivity contribution < 1.29 is 14.1 Å². The van der Waals surface area contributed by atoms with Gasteiger partial charge in [-0.3, -0.25) is 0 Å². The lowest BCUT2D eigenvalue weighted by molar-refractivity contribution is -0.0877. The number of hydrogen-bond acceptors (Lipinski definition) is 3. The van der Waals surface area contributed by atoms with Gasteiger partial charge in [-0.1, -0.05) is 22.9 Å². The molecule has 0 aromatic heterocycles. The zero-order chi connectivity index (χ0) is 8.10. The first-order valence-electron chi connectivity index (χ1n) is 2.96. The molecule has 1 aromatic rings. The molecule has 1 unspecified atom stereocenters. The number of benzene rings is 1. The predicted molar refractivity (Wildman–Crippen MR) is 42.9 cm³/mol. The van der Waals surface area contributed by atoms with Gasteiger partial charge in [0.15, 0.2) is 5.75 Å². The van der Waals surface area contributed by atoms with Crippen LogP contribution < -0.4 is 4.89 Å². The number of para-hydroxylation sites is 1. The maximum absolute atomic E-state index is 10.3. The van der Waals surface area contributed by atoms with Crippen LogP contribution in [-0.4, -0.2) is 6.30 Å². The molecule has 0 fully saturated rings. The molecular weight excluding hydrogens is 163 g/mol. The SMILES string of the molecule is C=P(=O)OOc1ccccc1. The van der Waals surface area contributed by atoms with Gasteiger partial charge in [0, 0.05) is 0 Å². The van der Waals surface area contributed by atoms with Crippen LogP contribution in [0, 0.1) is 0 Å². The first-order valence-corrected chi connectivity index (χ1v) is 4.33. The second-order valence-electron chi connectivity index (χ2n) is 1.80. The first kappa shape index (κ1) is 8.05. The third-order valence-electron chi connectivity index (χ3n) is 0.960. The van der Waals surface area contributed by atoms with Gasteiger partial charge in [0.1, 0.15) is 0 Å². The Morgan fingerprint density at radius 2 is 1.91 bits per heavy atom. The molecule has 0 aliphatic rings. The highest BCUT2D eigenvalue weighted by atomic mass is 31.1. The van der Waals surface area contributed by atoms with E-state index in [4.69, 9.17) is 0 Å². The Hall–Kier alpha value is -1.05. The molecule has 0 N–H and O–H groups in total. The van der Waals surface area contributed by atoms with E-state index in [0.717, 1.165) is 0 Å². The van der Waals surface area contributed by atoms with Crippen molar-refractivity contribution in [1.82, 2.24) is 0 Å². The Labute approximate surface area is 65.0 Å². The van der Waals surface area contributed by atoms with Crippen LogP contribution in [0.4, 0.5) is 0 Å². The van der Waals surface area contributed by atoms with Gasteiger partial charge in [-0.25, -0.2) is 4.57 Å². The quantitative estimate of drug-likeness (QED) is 0.396. The van der Waals surface area contributed by atoms with E-state index in [1.807, 2.05) is 6.07 Å². The Morgan fingerprint density at radius 3 is 2.45 bits per heavy atom. The lowest BCUT2D eigenvalue weighted by atomic mass is 10.3. The van der Waals surface area contributed by atoms with Gasteiger partial charge in [-0.05, 0) is 18.4 Å². The summed E-state index contributed by atoms with van der Waals surface area (Å²) in [6.45, 7) is 0. The van der Waals surface area contributed by atoms with E-state index < -0.39 is 7.65 Å². The van der Waals surface area contributed by atoms with Crippen LogP contribution in [0.3, 0.4) is 0 Å². The molecule has 0 saturated heterocycles. The van der Waals surface area contributed by atoms with E-state index in [-0.39, 0.29) is 0 Å². The molecule has 4 heteroatoms. The average molecular weight is 170 g/mol. The smallest absolute Gasteiger partial charge is 0.276 e. The minimum absolute atomic E-state index is 0.513. The summed E-state index contributed by atoms with van der Waals surface area (Å²) in [6.07, 6.45) is 3.12. The lowest BCUT2D eigenvalue weighted by Crippen LogP contribution is -1.85. The van der Waals surface area contributed by atoms with Crippen molar-refractivity contribution in [3.05, 3.63) is 30.3 Å². The monoisotopic (exact) mass is 170 g/mol. The fourth-order valence-corrected chi connectivity index (χ4v) is 0.730. The largest absolute Gasteiger partial charge is 0.326 e. The lowest BCUT2D eigenvalue weighted by Gasteiger charge is -1.96. The molecule has 3 nitrogen and oxygen atoms in total. The van der Waals surface area contributed by atoms with Crippen LogP contribution in [-0.2, 0) is 9.24 Å². The maximum atomic E-state index is 10.3. The summed E-state index contributed by atoms with van der Waals surface area (Å²) >= 11 is 0. The molecule has 0 saturated carbocycles. The van der Waals surface area contributed by atoms with E-state index >= 15 is 0 Å². The molecule has 0 heterocycles. The van der Waals surface area contributed by atoms with Crippen LogP contribution in [0.5, 0.6) is 5.75 Å². The molecule has 11 heavy (non-hydrogen) atoms. The van der Waals surface area contributed by atoms with Crippen molar-refractivity contribution in [1.29, 1.82) is 0 Å². The molecular formula is C7H7O3P.